The van der Waals surface area contributed by atoms with E-state index >= 15 is 0 Å². The van der Waals surface area contributed by atoms with Crippen LogP contribution in [0.2, 0.25) is 0 Å². The third-order valence-corrected chi connectivity index (χ3v) is 4.07. The Hall–Kier alpha value is -1.83. The molecule has 1 fully saturated rings. The van der Waals surface area contributed by atoms with E-state index in [1.54, 1.807) is 23.6 Å². The normalized spacial score (nSPS) is 15.3. The van der Waals surface area contributed by atoms with Crippen molar-refractivity contribution in [3.63, 3.8) is 0 Å². The lowest BCUT2D eigenvalue weighted by molar-refractivity contribution is 0.0573. The maximum absolute atomic E-state index is 12.3. The second kappa shape index (κ2) is 6.08. The van der Waals surface area contributed by atoms with E-state index in [0.29, 0.717) is 48.5 Å². The first-order valence-electron chi connectivity index (χ1n) is 6.46. The number of hydrogen-bond acceptors (Lipinski definition) is 6. The zero-order valence-electron chi connectivity index (χ0n) is 11.6. The zero-order chi connectivity index (χ0) is 14.7. The van der Waals surface area contributed by atoms with E-state index in [9.17, 15) is 9.59 Å². The summed E-state index contributed by atoms with van der Waals surface area (Å²) in [4.78, 5) is 31.9. The number of piperazine rings is 1. The molecular weight excluding hydrogens is 280 g/mol. The van der Waals surface area contributed by atoms with Gasteiger partial charge in [-0.15, -0.1) is 0 Å². The van der Waals surface area contributed by atoms with Crippen LogP contribution < -0.4 is 5.73 Å². The van der Waals surface area contributed by atoms with Gasteiger partial charge in [-0.3, -0.25) is 4.79 Å². The number of nitrogen functional groups attached to an aromatic ring is 1. The minimum Gasteiger partial charge on any atom is -0.450 e. The van der Waals surface area contributed by atoms with Gasteiger partial charge in [0.05, 0.1) is 12.3 Å². The Labute approximate surface area is 121 Å². The van der Waals surface area contributed by atoms with Crippen LogP contribution in [-0.4, -0.2) is 59.6 Å². The lowest BCUT2D eigenvalue weighted by Crippen LogP contribution is -2.50. The number of carbonyl (C=O) groups excluding carboxylic acids is 2. The first-order valence-corrected chi connectivity index (χ1v) is 7.28. The highest BCUT2D eigenvalue weighted by atomic mass is 32.1. The predicted molar refractivity (Wildman–Crippen MR) is 75.8 cm³/mol. The minimum atomic E-state index is -0.321. The van der Waals surface area contributed by atoms with Crippen LogP contribution in [0.15, 0.2) is 0 Å². The second-order valence-corrected chi connectivity index (χ2v) is 5.48. The fourth-order valence-electron chi connectivity index (χ4n) is 2.07. The lowest BCUT2D eigenvalue weighted by atomic mass is 10.3. The molecule has 1 aromatic rings. The van der Waals surface area contributed by atoms with Gasteiger partial charge in [-0.05, 0) is 13.8 Å². The van der Waals surface area contributed by atoms with Gasteiger partial charge in [0.2, 0.25) is 0 Å². The second-order valence-electron chi connectivity index (χ2n) is 4.44. The number of carbonyl (C=O) groups is 2. The lowest BCUT2D eigenvalue weighted by Gasteiger charge is -2.33. The summed E-state index contributed by atoms with van der Waals surface area (Å²) in [5.74, 6) is -0.0693. The van der Waals surface area contributed by atoms with Crippen LogP contribution in [0.4, 0.5) is 9.93 Å². The summed E-state index contributed by atoms with van der Waals surface area (Å²) in [7, 11) is 0. The molecule has 2 amide bonds. The van der Waals surface area contributed by atoms with Crippen molar-refractivity contribution < 1.29 is 14.3 Å². The fraction of sp³-hybridized carbons (Fsp3) is 0.583. The molecule has 1 aliphatic rings. The molecule has 0 bridgehead atoms. The van der Waals surface area contributed by atoms with Gasteiger partial charge in [-0.25, -0.2) is 9.78 Å². The quantitative estimate of drug-likeness (QED) is 0.878. The zero-order valence-corrected chi connectivity index (χ0v) is 12.4. The number of thiazole rings is 1. The van der Waals surface area contributed by atoms with E-state index in [2.05, 4.69) is 4.98 Å². The number of amides is 2. The number of nitrogens with zero attached hydrogens (tertiary/aromatic N) is 3. The summed E-state index contributed by atoms with van der Waals surface area (Å²) in [6.45, 7) is 5.86. The summed E-state index contributed by atoms with van der Waals surface area (Å²) < 4.78 is 4.94. The monoisotopic (exact) mass is 298 g/mol. The first-order chi connectivity index (χ1) is 9.52. The molecule has 20 heavy (non-hydrogen) atoms. The summed E-state index contributed by atoms with van der Waals surface area (Å²) in [6.07, 6.45) is -0.321. The van der Waals surface area contributed by atoms with Crippen LogP contribution in [0.3, 0.4) is 0 Å². The summed E-state index contributed by atoms with van der Waals surface area (Å²) >= 11 is 1.20. The molecule has 2 heterocycles. The topological polar surface area (TPSA) is 88.8 Å². The molecule has 0 saturated carbocycles. The molecule has 0 aromatic carbocycles. The SMILES string of the molecule is CCOC(=O)N1CCN(C(=O)c2sc(N)nc2C)CC1. The first kappa shape index (κ1) is 14.6. The molecule has 0 unspecified atom stereocenters. The Kier molecular flexibility index (Phi) is 4.43. The van der Waals surface area contributed by atoms with Gasteiger partial charge < -0.3 is 20.3 Å². The highest BCUT2D eigenvalue weighted by Gasteiger charge is 2.27. The number of hydrogen-bond donors (Lipinski definition) is 1. The van der Waals surface area contributed by atoms with E-state index in [1.807, 2.05) is 0 Å². The van der Waals surface area contributed by atoms with E-state index in [0.717, 1.165) is 0 Å². The molecule has 7 nitrogen and oxygen atoms in total. The molecule has 8 heteroatoms. The van der Waals surface area contributed by atoms with E-state index in [4.69, 9.17) is 10.5 Å². The van der Waals surface area contributed by atoms with Gasteiger partial charge in [0.25, 0.3) is 5.91 Å². The molecule has 0 radical (unpaired) electrons. The van der Waals surface area contributed by atoms with Crippen molar-refractivity contribution in [2.75, 3.05) is 38.5 Å². The molecule has 1 aliphatic heterocycles. The van der Waals surface area contributed by atoms with Gasteiger partial charge in [0.1, 0.15) is 4.88 Å². The highest BCUT2D eigenvalue weighted by Crippen LogP contribution is 2.22. The Morgan fingerprint density at radius 3 is 2.40 bits per heavy atom. The fourth-order valence-corrected chi connectivity index (χ4v) is 2.87. The summed E-state index contributed by atoms with van der Waals surface area (Å²) in [5, 5.41) is 0.399. The molecular formula is C12H18N4O3S. The molecule has 0 aliphatic carbocycles. The van der Waals surface area contributed by atoms with Crippen molar-refractivity contribution in [2.24, 2.45) is 0 Å². The van der Waals surface area contributed by atoms with Crippen LogP contribution in [0.1, 0.15) is 22.3 Å². The van der Waals surface area contributed by atoms with Crippen molar-refractivity contribution >= 4 is 28.5 Å². The maximum atomic E-state index is 12.3. The Bertz CT molecular complexity index is 509. The van der Waals surface area contributed by atoms with Crippen LogP contribution >= 0.6 is 11.3 Å². The van der Waals surface area contributed by atoms with Crippen LogP contribution in [0.5, 0.6) is 0 Å². The molecule has 110 valence electrons. The molecule has 2 N–H and O–H groups in total. The number of aromatic nitrogens is 1. The third kappa shape index (κ3) is 3.01. The average molecular weight is 298 g/mol. The van der Waals surface area contributed by atoms with Crippen molar-refractivity contribution in [3.8, 4) is 0 Å². The molecule has 1 saturated heterocycles. The Morgan fingerprint density at radius 2 is 1.90 bits per heavy atom. The van der Waals surface area contributed by atoms with Gasteiger partial charge in [-0.2, -0.15) is 0 Å². The summed E-state index contributed by atoms with van der Waals surface area (Å²) in [6, 6.07) is 0. The third-order valence-electron chi connectivity index (χ3n) is 3.10. The maximum Gasteiger partial charge on any atom is 0.409 e. The van der Waals surface area contributed by atoms with E-state index in [-0.39, 0.29) is 12.0 Å². The molecule has 2 rings (SSSR count). The van der Waals surface area contributed by atoms with Crippen LogP contribution in [-0.2, 0) is 4.74 Å². The standard InChI is InChI=1S/C12H18N4O3S/c1-3-19-12(18)16-6-4-15(5-7-16)10(17)9-8(2)14-11(13)20-9/h3-7H2,1-2H3,(H2,13,14). The highest BCUT2D eigenvalue weighted by molar-refractivity contribution is 7.17. The van der Waals surface area contributed by atoms with Gasteiger partial charge >= 0.3 is 6.09 Å². The van der Waals surface area contributed by atoms with Crippen LogP contribution in [0.25, 0.3) is 0 Å². The number of aryl methyl sites for hydroxylation is 1. The van der Waals surface area contributed by atoms with Crippen molar-refractivity contribution in [1.29, 1.82) is 0 Å². The minimum absolute atomic E-state index is 0.0693. The predicted octanol–water partition coefficient (Wildman–Crippen LogP) is 0.948. The molecule has 1 aromatic heterocycles. The van der Waals surface area contributed by atoms with Crippen molar-refractivity contribution in [3.05, 3.63) is 10.6 Å². The van der Waals surface area contributed by atoms with Crippen LogP contribution in [0, 0.1) is 6.92 Å². The summed E-state index contributed by atoms with van der Waals surface area (Å²) in [5.41, 5.74) is 6.27. The van der Waals surface area contributed by atoms with E-state index in [1.165, 1.54) is 11.3 Å². The molecule has 0 atom stereocenters. The van der Waals surface area contributed by atoms with Gasteiger partial charge in [0, 0.05) is 26.2 Å². The number of anilines is 1. The van der Waals surface area contributed by atoms with Gasteiger partial charge in [0.15, 0.2) is 5.13 Å². The number of nitrogens with two attached hydrogens (primary N) is 1. The van der Waals surface area contributed by atoms with Crippen molar-refractivity contribution in [1.82, 2.24) is 14.8 Å². The molecule has 0 spiro atoms. The number of rotatable bonds is 2. The number of ether oxygens (including phenoxy) is 1. The largest absolute Gasteiger partial charge is 0.450 e. The van der Waals surface area contributed by atoms with E-state index < -0.39 is 0 Å². The average Bonchev–Trinajstić information content (AvgIpc) is 2.77. The van der Waals surface area contributed by atoms with Gasteiger partial charge in [-0.1, -0.05) is 11.3 Å². The Morgan fingerprint density at radius 1 is 1.30 bits per heavy atom. The van der Waals surface area contributed by atoms with Crippen molar-refractivity contribution in [2.45, 2.75) is 13.8 Å². The Balaban J connectivity index is 1.95. The smallest absolute Gasteiger partial charge is 0.409 e.